The van der Waals surface area contributed by atoms with Gasteiger partial charge >= 0.3 is 0 Å². The summed E-state index contributed by atoms with van der Waals surface area (Å²) in [6.45, 7) is 2.03. The number of aromatic nitrogens is 1. The topological polar surface area (TPSA) is 15.8 Å². The fraction of sp³-hybridized carbons (Fsp3) is 0.250. The number of rotatable bonds is 2. The van der Waals surface area contributed by atoms with Crippen LogP contribution in [-0.4, -0.2) is 4.98 Å². The molecule has 0 saturated carbocycles. The van der Waals surface area contributed by atoms with Gasteiger partial charge in [-0.05, 0) is 19.1 Å². The molecule has 0 fully saturated rings. The van der Waals surface area contributed by atoms with E-state index in [-0.39, 0.29) is 0 Å². The smallest absolute Gasteiger partial charge is 0.0185 e. The van der Waals surface area contributed by atoms with Crippen LogP contribution in [0, 0.1) is 0 Å². The predicted octanol–water partition coefficient (Wildman–Crippen LogP) is 2.13. The standard InChI is InChI=1S/C8H11N/c1-2-3-5-8-6-4-7-9-8/h2-4,6-7,9H,5H2,1H3/b3-2-. The summed E-state index contributed by atoms with van der Waals surface area (Å²) in [6.07, 6.45) is 7.15. The van der Waals surface area contributed by atoms with Gasteiger partial charge in [-0.1, -0.05) is 12.2 Å². The van der Waals surface area contributed by atoms with Crippen LogP contribution >= 0.6 is 0 Å². The lowest BCUT2D eigenvalue weighted by atomic mass is 10.3. The van der Waals surface area contributed by atoms with Crippen molar-refractivity contribution in [2.24, 2.45) is 0 Å². The van der Waals surface area contributed by atoms with Gasteiger partial charge in [0, 0.05) is 18.3 Å². The Morgan fingerprint density at radius 2 is 2.56 bits per heavy atom. The minimum absolute atomic E-state index is 1.02. The van der Waals surface area contributed by atoms with Crippen LogP contribution in [-0.2, 0) is 6.42 Å². The summed E-state index contributed by atoms with van der Waals surface area (Å²) in [4.78, 5) is 3.12. The molecule has 0 aromatic carbocycles. The Morgan fingerprint density at radius 1 is 1.67 bits per heavy atom. The molecule has 1 rings (SSSR count). The van der Waals surface area contributed by atoms with Crippen molar-refractivity contribution in [3.8, 4) is 0 Å². The van der Waals surface area contributed by atoms with Crippen molar-refractivity contribution in [2.45, 2.75) is 13.3 Å². The van der Waals surface area contributed by atoms with Crippen LogP contribution < -0.4 is 0 Å². The van der Waals surface area contributed by atoms with Crippen molar-refractivity contribution >= 4 is 0 Å². The second kappa shape index (κ2) is 3.13. The van der Waals surface area contributed by atoms with E-state index in [9.17, 15) is 0 Å². The summed E-state index contributed by atoms with van der Waals surface area (Å²) in [7, 11) is 0. The monoisotopic (exact) mass is 121 g/mol. The molecule has 0 aliphatic rings. The minimum atomic E-state index is 1.02. The maximum Gasteiger partial charge on any atom is 0.0185 e. The van der Waals surface area contributed by atoms with E-state index in [4.69, 9.17) is 0 Å². The Bertz CT molecular complexity index is 172. The van der Waals surface area contributed by atoms with E-state index in [0.29, 0.717) is 0 Å². The summed E-state index contributed by atoms with van der Waals surface area (Å²) in [6, 6.07) is 4.10. The molecule has 1 aromatic rings. The molecule has 1 heterocycles. The van der Waals surface area contributed by atoms with Crippen LogP contribution in [0.4, 0.5) is 0 Å². The van der Waals surface area contributed by atoms with E-state index in [2.05, 4.69) is 23.2 Å². The van der Waals surface area contributed by atoms with Gasteiger partial charge in [0.05, 0.1) is 0 Å². The lowest BCUT2D eigenvalue weighted by Gasteiger charge is -1.85. The fourth-order valence-corrected chi connectivity index (χ4v) is 0.739. The zero-order chi connectivity index (χ0) is 6.53. The van der Waals surface area contributed by atoms with E-state index >= 15 is 0 Å². The largest absolute Gasteiger partial charge is 0.365 e. The van der Waals surface area contributed by atoms with E-state index in [1.807, 2.05) is 19.2 Å². The highest BCUT2D eigenvalue weighted by Crippen LogP contribution is 1.95. The van der Waals surface area contributed by atoms with Crippen molar-refractivity contribution in [3.05, 3.63) is 36.2 Å². The van der Waals surface area contributed by atoms with Crippen LogP contribution in [0.1, 0.15) is 12.6 Å². The van der Waals surface area contributed by atoms with Crippen molar-refractivity contribution in [1.29, 1.82) is 0 Å². The zero-order valence-corrected chi connectivity index (χ0v) is 5.59. The first kappa shape index (κ1) is 6.14. The molecule has 0 saturated heterocycles. The first-order chi connectivity index (χ1) is 4.43. The summed E-state index contributed by atoms with van der Waals surface area (Å²) >= 11 is 0. The number of hydrogen-bond donors (Lipinski definition) is 1. The van der Waals surface area contributed by atoms with E-state index in [0.717, 1.165) is 6.42 Å². The molecule has 0 aliphatic carbocycles. The third-order valence-electron chi connectivity index (χ3n) is 1.24. The second-order valence-corrected chi connectivity index (χ2v) is 1.97. The first-order valence-electron chi connectivity index (χ1n) is 3.17. The Morgan fingerprint density at radius 3 is 3.11 bits per heavy atom. The van der Waals surface area contributed by atoms with E-state index in [1.165, 1.54) is 5.69 Å². The molecule has 9 heavy (non-hydrogen) atoms. The Balaban J connectivity index is 2.48. The third kappa shape index (κ3) is 1.76. The number of H-pyrrole nitrogens is 1. The number of hydrogen-bond acceptors (Lipinski definition) is 0. The molecular formula is C8H11N. The molecule has 0 unspecified atom stereocenters. The average molecular weight is 121 g/mol. The maximum atomic E-state index is 3.12. The molecule has 0 aliphatic heterocycles. The molecule has 1 aromatic heterocycles. The summed E-state index contributed by atoms with van der Waals surface area (Å²) in [5, 5.41) is 0. The number of nitrogens with one attached hydrogen (secondary N) is 1. The molecule has 0 atom stereocenters. The van der Waals surface area contributed by atoms with Gasteiger partial charge < -0.3 is 4.98 Å². The van der Waals surface area contributed by atoms with Crippen molar-refractivity contribution in [2.75, 3.05) is 0 Å². The van der Waals surface area contributed by atoms with Crippen LogP contribution in [0.15, 0.2) is 30.5 Å². The minimum Gasteiger partial charge on any atom is -0.365 e. The van der Waals surface area contributed by atoms with Gasteiger partial charge in [0.2, 0.25) is 0 Å². The normalized spacial score (nSPS) is 10.8. The van der Waals surface area contributed by atoms with Crippen molar-refractivity contribution < 1.29 is 0 Å². The summed E-state index contributed by atoms with van der Waals surface area (Å²) in [5.41, 5.74) is 1.27. The van der Waals surface area contributed by atoms with Crippen LogP contribution in [0.25, 0.3) is 0 Å². The molecule has 0 spiro atoms. The van der Waals surface area contributed by atoms with E-state index < -0.39 is 0 Å². The highest BCUT2D eigenvalue weighted by Gasteiger charge is 1.84. The van der Waals surface area contributed by atoms with E-state index in [1.54, 1.807) is 0 Å². The number of aromatic amines is 1. The van der Waals surface area contributed by atoms with Gasteiger partial charge in [0.1, 0.15) is 0 Å². The molecule has 0 amide bonds. The maximum absolute atomic E-state index is 3.12. The Labute approximate surface area is 55.4 Å². The quantitative estimate of drug-likeness (QED) is 0.577. The summed E-state index contributed by atoms with van der Waals surface area (Å²) in [5.74, 6) is 0. The van der Waals surface area contributed by atoms with Crippen LogP contribution in [0.2, 0.25) is 0 Å². The van der Waals surface area contributed by atoms with Gasteiger partial charge in [-0.15, -0.1) is 0 Å². The first-order valence-corrected chi connectivity index (χ1v) is 3.17. The van der Waals surface area contributed by atoms with Gasteiger partial charge in [0.15, 0.2) is 0 Å². The molecule has 1 heteroatoms. The highest BCUT2D eigenvalue weighted by molar-refractivity contribution is 5.07. The Hall–Kier alpha value is -0.980. The van der Waals surface area contributed by atoms with Crippen molar-refractivity contribution in [1.82, 2.24) is 4.98 Å². The van der Waals surface area contributed by atoms with Gasteiger partial charge in [0.25, 0.3) is 0 Å². The predicted molar refractivity (Wildman–Crippen MR) is 39.3 cm³/mol. The van der Waals surface area contributed by atoms with Crippen LogP contribution in [0.3, 0.4) is 0 Å². The molecule has 0 bridgehead atoms. The summed E-state index contributed by atoms with van der Waals surface area (Å²) < 4.78 is 0. The fourth-order valence-electron chi connectivity index (χ4n) is 0.739. The third-order valence-corrected chi connectivity index (χ3v) is 1.24. The molecule has 48 valence electrons. The highest BCUT2D eigenvalue weighted by atomic mass is 14.7. The van der Waals surface area contributed by atoms with Gasteiger partial charge in [-0.2, -0.15) is 0 Å². The van der Waals surface area contributed by atoms with Gasteiger partial charge in [-0.3, -0.25) is 0 Å². The average Bonchev–Trinajstić information content (AvgIpc) is 2.34. The van der Waals surface area contributed by atoms with Crippen molar-refractivity contribution in [3.63, 3.8) is 0 Å². The molecular weight excluding hydrogens is 110 g/mol. The van der Waals surface area contributed by atoms with Crippen LogP contribution in [0.5, 0.6) is 0 Å². The lowest BCUT2D eigenvalue weighted by Crippen LogP contribution is -1.76. The lowest BCUT2D eigenvalue weighted by molar-refractivity contribution is 1.15. The zero-order valence-electron chi connectivity index (χ0n) is 5.59. The molecule has 0 radical (unpaired) electrons. The van der Waals surface area contributed by atoms with Gasteiger partial charge in [-0.25, -0.2) is 0 Å². The second-order valence-electron chi connectivity index (χ2n) is 1.97. The Kier molecular flexibility index (Phi) is 2.13. The SMILES string of the molecule is C/C=C\Cc1ccc[nH]1. The number of allylic oxidation sites excluding steroid dienone is 2. The molecule has 1 nitrogen and oxygen atoms in total. The molecule has 1 N–H and O–H groups in total.